The summed E-state index contributed by atoms with van der Waals surface area (Å²) in [6.45, 7) is 5.97. The number of rotatable bonds is 6. The number of hydrogen-bond donors (Lipinski definition) is 1. The minimum absolute atomic E-state index is 0.168. The number of nitrogens with zero attached hydrogens (tertiary/aromatic N) is 2. The van der Waals surface area contributed by atoms with Crippen LogP contribution in [0.5, 0.6) is 0 Å². The fourth-order valence-electron chi connectivity index (χ4n) is 1.59. The molecular weight excluding hydrogens is 204 g/mol. The van der Waals surface area contributed by atoms with Crippen molar-refractivity contribution < 1.29 is 9.90 Å². The average Bonchev–Trinajstić information content (AvgIpc) is 2.29. The maximum Gasteiger partial charge on any atom is 0.303 e. The molecule has 0 saturated heterocycles. The van der Waals surface area contributed by atoms with Crippen molar-refractivity contribution in [2.75, 3.05) is 18.0 Å². The second-order valence-corrected chi connectivity index (χ2v) is 3.59. The van der Waals surface area contributed by atoms with Crippen molar-refractivity contribution in [3.05, 3.63) is 23.9 Å². The highest BCUT2D eigenvalue weighted by atomic mass is 16.4. The van der Waals surface area contributed by atoms with E-state index in [-0.39, 0.29) is 6.42 Å². The van der Waals surface area contributed by atoms with Crippen LogP contribution < -0.4 is 4.90 Å². The second kappa shape index (κ2) is 6.10. The Morgan fingerprint density at radius 3 is 2.69 bits per heavy atom. The summed E-state index contributed by atoms with van der Waals surface area (Å²) < 4.78 is 0. The van der Waals surface area contributed by atoms with Crippen LogP contribution in [0, 0.1) is 0 Å². The molecule has 1 heterocycles. The van der Waals surface area contributed by atoms with E-state index in [4.69, 9.17) is 5.11 Å². The van der Waals surface area contributed by atoms with E-state index in [0.29, 0.717) is 6.42 Å². The van der Waals surface area contributed by atoms with E-state index in [9.17, 15) is 4.79 Å². The fraction of sp³-hybridized carbons (Fsp3) is 0.500. The van der Waals surface area contributed by atoms with Crippen LogP contribution in [0.4, 0.5) is 5.82 Å². The Morgan fingerprint density at radius 2 is 2.12 bits per heavy atom. The third-order valence-corrected chi connectivity index (χ3v) is 2.52. The largest absolute Gasteiger partial charge is 0.481 e. The Labute approximate surface area is 95.9 Å². The first-order valence-corrected chi connectivity index (χ1v) is 5.59. The Bertz CT molecular complexity index is 349. The van der Waals surface area contributed by atoms with Gasteiger partial charge in [-0.25, -0.2) is 4.98 Å². The molecule has 0 bridgehead atoms. The first-order chi connectivity index (χ1) is 7.67. The molecular formula is C12H18N2O2. The lowest BCUT2D eigenvalue weighted by molar-refractivity contribution is -0.136. The first kappa shape index (κ1) is 12.5. The van der Waals surface area contributed by atoms with Crippen LogP contribution in [-0.2, 0) is 11.2 Å². The minimum Gasteiger partial charge on any atom is -0.481 e. The van der Waals surface area contributed by atoms with Gasteiger partial charge in [0.2, 0.25) is 0 Å². The topological polar surface area (TPSA) is 53.4 Å². The second-order valence-electron chi connectivity index (χ2n) is 3.59. The van der Waals surface area contributed by atoms with E-state index in [0.717, 1.165) is 24.5 Å². The Morgan fingerprint density at radius 1 is 1.44 bits per heavy atom. The van der Waals surface area contributed by atoms with E-state index in [2.05, 4.69) is 23.7 Å². The van der Waals surface area contributed by atoms with Gasteiger partial charge in [-0.3, -0.25) is 4.79 Å². The highest BCUT2D eigenvalue weighted by Gasteiger charge is 2.05. The van der Waals surface area contributed by atoms with Crippen molar-refractivity contribution in [3.8, 4) is 0 Å². The minimum atomic E-state index is -0.763. The number of anilines is 1. The lowest BCUT2D eigenvalue weighted by Crippen LogP contribution is -2.22. The summed E-state index contributed by atoms with van der Waals surface area (Å²) in [5.41, 5.74) is 1.03. The fourth-order valence-corrected chi connectivity index (χ4v) is 1.59. The third-order valence-electron chi connectivity index (χ3n) is 2.52. The maximum atomic E-state index is 10.5. The van der Waals surface area contributed by atoms with E-state index < -0.39 is 5.97 Å². The van der Waals surface area contributed by atoms with Gasteiger partial charge in [-0.05, 0) is 38.0 Å². The average molecular weight is 222 g/mol. The third kappa shape index (κ3) is 3.53. The van der Waals surface area contributed by atoms with Crippen LogP contribution in [0.25, 0.3) is 0 Å². The van der Waals surface area contributed by atoms with E-state index >= 15 is 0 Å². The predicted octanol–water partition coefficient (Wildman–Crippen LogP) is 1.95. The van der Waals surface area contributed by atoms with Crippen LogP contribution in [-0.4, -0.2) is 29.1 Å². The zero-order valence-corrected chi connectivity index (χ0v) is 9.81. The lowest BCUT2D eigenvalue weighted by Gasteiger charge is -2.20. The predicted molar refractivity (Wildman–Crippen MR) is 63.8 cm³/mol. The normalized spacial score (nSPS) is 10.1. The van der Waals surface area contributed by atoms with Gasteiger partial charge in [-0.1, -0.05) is 0 Å². The molecule has 0 amide bonds. The Kier molecular flexibility index (Phi) is 4.76. The van der Waals surface area contributed by atoms with Crippen molar-refractivity contribution in [2.45, 2.75) is 26.7 Å². The highest BCUT2D eigenvalue weighted by molar-refractivity contribution is 5.67. The Hall–Kier alpha value is -1.58. The van der Waals surface area contributed by atoms with Crippen molar-refractivity contribution in [1.29, 1.82) is 0 Å². The maximum absolute atomic E-state index is 10.5. The summed E-state index contributed by atoms with van der Waals surface area (Å²) in [4.78, 5) is 16.9. The number of carbonyl (C=O) groups is 1. The molecule has 1 N–H and O–H groups in total. The zero-order chi connectivity index (χ0) is 12.0. The standard InChI is InChI=1S/C12H18N2O2/c1-3-14(4-2)11-9-10(7-8-13-11)5-6-12(15)16/h7-9H,3-6H2,1-2H3,(H,15,16). The molecule has 0 fully saturated rings. The monoisotopic (exact) mass is 222 g/mol. The molecule has 1 rings (SSSR count). The van der Waals surface area contributed by atoms with Gasteiger partial charge in [-0.2, -0.15) is 0 Å². The molecule has 0 aliphatic carbocycles. The van der Waals surface area contributed by atoms with Gasteiger partial charge in [0, 0.05) is 25.7 Å². The molecule has 0 atom stereocenters. The highest BCUT2D eigenvalue weighted by Crippen LogP contribution is 2.13. The van der Waals surface area contributed by atoms with Gasteiger partial charge in [0.1, 0.15) is 5.82 Å². The molecule has 0 aliphatic heterocycles. The molecule has 0 spiro atoms. The number of aryl methyl sites for hydroxylation is 1. The summed E-state index contributed by atoms with van der Waals surface area (Å²) in [6, 6.07) is 3.84. The van der Waals surface area contributed by atoms with Crippen LogP contribution in [0.15, 0.2) is 18.3 Å². The van der Waals surface area contributed by atoms with Crippen molar-refractivity contribution in [2.24, 2.45) is 0 Å². The summed E-state index contributed by atoms with van der Waals surface area (Å²) in [6.07, 6.45) is 2.47. The summed E-state index contributed by atoms with van der Waals surface area (Å²) in [7, 11) is 0. The number of carboxylic acid groups (broad SMARTS) is 1. The Balaban J connectivity index is 2.73. The van der Waals surface area contributed by atoms with E-state index in [1.54, 1.807) is 6.20 Å². The van der Waals surface area contributed by atoms with Gasteiger partial charge >= 0.3 is 5.97 Å². The molecule has 0 unspecified atom stereocenters. The van der Waals surface area contributed by atoms with Crippen LogP contribution in [0.2, 0.25) is 0 Å². The van der Waals surface area contributed by atoms with Crippen molar-refractivity contribution >= 4 is 11.8 Å². The van der Waals surface area contributed by atoms with Crippen molar-refractivity contribution in [3.63, 3.8) is 0 Å². The molecule has 0 saturated carbocycles. The van der Waals surface area contributed by atoms with E-state index in [1.165, 1.54) is 0 Å². The number of carboxylic acids is 1. The summed E-state index contributed by atoms with van der Waals surface area (Å²) >= 11 is 0. The summed E-state index contributed by atoms with van der Waals surface area (Å²) in [5, 5.41) is 8.62. The molecule has 4 nitrogen and oxygen atoms in total. The van der Waals surface area contributed by atoms with Gasteiger partial charge in [0.25, 0.3) is 0 Å². The smallest absolute Gasteiger partial charge is 0.303 e. The quantitative estimate of drug-likeness (QED) is 0.799. The molecule has 0 aromatic carbocycles. The molecule has 88 valence electrons. The van der Waals surface area contributed by atoms with Gasteiger partial charge in [0.05, 0.1) is 0 Å². The van der Waals surface area contributed by atoms with Crippen LogP contribution in [0.1, 0.15) is 25.8 Å². The van der Waals surface area contributed by atoms with Gasteiger partial charge < -0.3 is 10.0 Å². The number of pyridine rings is 1. The SMILES string of the molecule is CCN(CC)c1cc(CCC(=O)O)ccn1. The molecule has 0 radical (unpaired) electrons. The molecule has 4 heteroatoms. The first-order valence-electron chi connectivity index (χ1n) is 5.59. The summed E-state index contributed by atoms with van der Waals surface area (Å²) in [5.74, 6) is 0.161. The van der Waals surface area contributed by atoms with Crippen LogP contribution in [0.3, 0.4) is 0 Å². The van der Waals surface area contributed by atoms with E-state index in [1.807, 2.05) is 12.1 Å². The number of aromatic nitrogens is 1. The number of aliphatic carboxylic acids is 1. The molecule has 16 heavy (non-hydrogen) atoms. The van der Waals surface area contributed by atoms with Crippen molar-refractivity contribution in [1.82, 2.24) is 4.98 Å². The molecule has 0 aliphatic rings. The van der Waals surface area contributed by atoms with Gasteiger partial charge in [0.15, 0.2) is 0 Å². The van der Waals surface area contributed by atoms with Crippen LogP contribution >= 0.6 is 0 Å². The number of hydrogen-bond acceptors (Lipinski definition) is 3. The zero-order valence-electron chi connectivity index (χ0n) is 9.81. The molecule has 1 aromatic rings. The van der Waals surface area contributed by atoms with Gasteiger partial charge in [-0.15, -0.1) is 0 Å². The lowest BCUT2D eigenvalue weighted by atomic mass is 10.1. The molecule has 1 aromatic heterocycles.